The van der Waals surface area contributed by atoms with Gasteiger partial charge in [0.1, 0.15) is 22.2 Å². The molecule has 0 radical (unpaired) electrons. The first-order valence-corrected chi connectivity index (χ1v) is 9.09. The molecule has 3 heterocycles. The first kappa shape index (κ1) is 16.8. The maximum Gasteiger partial charge on any atom is 0.288 e. The lowest BCUT2D eigenvalue weighted by atomic mass is 9.97. The summed E-state index contributed by atoms with van der Waals surface area (Å²) >= 11 is 5.98. The molecule has 0 aliphatic carbocycles. The molecule has 0 saturated carbocycles. The first-order valence-electron chi connectivity index (χ1n) is 8.71. The Balaban J connectivity index is 1.62. The van der Waals surface area contributed by atoms with Crippen molar-refractivity contribution in [1.82, 2.24) is 5.01 Å². The van der Waals surface area contributed by atoms with E-state index >= 15 is 0 Å². The second-order valence-electron chi connectivity index (χ2n) is 6.60. The van der Waals surface area contributed by atoms with Crippen molar-refractivity contribution < 1.29 is 14.1 Å². The summed E-state index contributed by atoms with van der Waals surface area (Å²) in [6, 6.07) is 16.1. The molecule has 28 heavy (non-hydrogen) atoms. The van der Waals surface area contributed by atoms with E-state index in [0.29, 0.717) is 17.7 Å². The van der Waals surface area contributed by atoms with Crippen molar-refractivity contribution in [3.05, 3.63) is 92.9 Å². The van der Waals surface area contributed by atoms with Crippen molar-refractivity contribution in [1.29, 1.82) is 0 Å². The molecule has 5 rings (SSSR count). The largest absolute Gasteiger partial charge is 0.464 e. The smallest absolute Gasteiger partial charge is 0.288 e. The zero-order chi connectivity index (χ0) is 19.3. The lowest BCUT2D eigenvalue weighted by Gasteiger charge is -2.38. The molecule has 3 aromatic rings. The normalized spacial score (nSPS) is 20.2. The van der Waals surface area contributed by atoms with Crippen molar-refractivity contribution in [2.75, 3.05) is 0 Å². The SMILES string of the molecule is O=[N+]([O-])c1cc([C@@H]2Oc3ccccc3[C@H]3CC(c4ccco4)=NN32)ccc1Cl. The van der Waals surface area contributed by atoms with Crippen molar-refractivity contribution >= 4 is 23.0 Å². The maximum absolute atomic E-state index is 11.3. The number of para-hydroxylation sites is 1. The summed E-state index contributed by atoms with van der Waals surface area (Å²) < 4.78 is 11.7. The molecule has 2 aromatic carbocycles. The van der Waals surface area contributed by atoms with Crippen LogP contribution >= 0.6 is 11.6 Å². The van der Waals surface area contributed by atoms with Crippen molar-refractivity contribution in [2.24, 2.45) is 5.10 Å². The number of rotatable bonds is 3. The van der Waals surface area contributed by atoms with E-state index in [0.717, 1.165) is 17.0 Å². The van der Waals surface area contributed by atoms with Gasteiger partial charge in [-0.2, -0.15) is 5.10 Å². The van der Waals surface area contributed by atoms with Crippen LogP contribution in [0, 0.1) is 10.1 Å². The van der Waals surface area contributed by atoms with E-state index in [1.54, 1.807) is 12.3 Å². The van der Waals surface area contributed by atoms with Gasteiger partial charge in [-0.25, -0.2) is 5.01 Å². The number of fused-ring (bicyclic) bond motifs is 3. The fourth-order valence-corrected chi connectivity index (χ4v) is 3.86. The molecule has 0 amide bonds. The second kappa shape index (κ2) is 6.38. The highest BCUT2D eigenvalue weighted by molar-refractivity contribution is 6.32. The third-order valence-corrected chi connectivity index (χ3v) is 5.28. The van der Waals surface area contributed by atoms with Crippen LogP contribution in [0.15, 0.2) is 70.4 Å². The van der Waals surface area contributed by atoms with Gasteiger partial charge in [0.05, 0.1) is 17.2 Å². The van der Waals surface area contributed by atoms with Crippen molar-refractivity contribution in [2.45, 2.75) is 18.7 Å². The lowest BCUT2D eigenvalue weighted by Crippen LogP contribution is -2.33. The lowest BCUT2D eigenvalue weighted by molar-refractivity contribution is -0.384. The van der Waals surface area contributed by atoms with Crippen LogP contribution in [0.5, 0.6) is 5.75 Å². The van der Waals surface area contributed by atoms with Crippen LogP contribution in [0.2, 0.25) is 5.02 Å². The van der Waals surface area contributed by atoms with E-state index in [1.807, 2.05) is 41.4 Å². The van der Waals surface area contributed by atoms with Crippen molar-refractivity contribution in [3.8, 4) is 5.75 Å². The van der Waals surface area contributed by atoms with Gasteiger partial charge < -0.3 is 9.15 Å². The summed E-state index contributed by atoms with van der Waals surface area (Å²) in [6.45, 7) is 0. The average Bonchev–Trinajstić information content (AvgIpc) is 3.37. The van der Waals surface area contributed by atoms with E-state index in [-0.39, 0.29) is 16.8 Å². The van der Waals surface area contributed by atoms with Gasteiger partial charge in [-0.15, -0.1) is 0 Å². The molecule has 0 saturated heterocycles. The van der Waals surface area contributed by atoms with Gasteiger partial charge >= 0.3 is 0 Å². The third-order valence-electron chi connectivity index (χ3n) is 4.96. The Kier molecular flexibility index (Phi) is 3.84. The highest BCUT2D eigenvalue weighted by atomic mass is 35.5. The van der Waals surface area contributed by atoms with Crippen LogP contribution in [-0.2, 0) is 0 Å². The Morgan fingerprint density at radius 2 is 2.04 bits per heavy atom. The van der Waals surface area contributed by atoms with Gasteiger partial charge in [0.2, 0.25) is 6.23 Å². The van der Waals surface area contributed by atoms with E-state index in [4.69, 9.17) is 25.9 Å². The minimum absolute atomic E-state index is 0.0511. The molecule has 1 aromatic heterocycles. The highest BCUT2D eigenvalue weighted by Crippen LogP contribution is 2.48. The number of halogens is 1. The molecule has 8 heteroatoms. The number of benzene rings is 2. The summed E-state index contributed by atoms with van der Waals surface area (Å²) in [5.41, 5.74) is 2.28. The van der Waals surface area contributed by atoms with Crippen molar-refractivity contribution in [3.63, 3.8) is 0 Å². The molecule has 2 atom stereocenters. The van der Waals surface area contributed by atoms with Gasteiger partial charge in [0, 0.05) is 23.6 Å². The van der Waals surface area contributed by atoms with E-state index < -0.39 is 11.2 Å². The number of furan rings is 1. The van der Waals surface area contributed by atoms with Gasteiger partial charge in [0.15, 0.2) is 0 Å². The third kappa shape index (κ3) is 2.63. The monoisotopic (exact) mass is 395 g/mol. The number of ether oxygens (including phenoxy) is 1. The summed E-state index contributed by atoms with van der Waals surface area (Å²) in [4.78, 5) is 10.8. The Morgan fingerprint density at radius 3 is 2.82 bits per heavy atom. The van der Waals surface area contributed by atoms with Crippen LogP contribution < -0.4 is 4.74 Å². The summed E-state index contributed by atoms with van der Waals surface area (Å²) in [7, 11) is 0. The van der Waals surface area contributed by atoms with Crippen LogP contribution in [0.25, 0.3) is 0 Å². The number of nitrogens with zero attached hydrogens (tertiary/aromatic N) is 3. The molecule has 2 aliphatic heterocycles. The summed E-state index contributed by atoms with van der Waals surface area (Å²) in [5.74, 6) is 1.44. The number of nitro benzene ring substituents is 1. The van der Waals surface area contributed by atoms with E-state index in [2.05, 4.69) is 0 Å². The molecule has 7 nitrogen and oxygen atoms in total. The molecular weight excluding hydrogens is 382 g/mol. The molecule has 0 bridgehead atoms. The first-order chi connectivity index (χ1) is 13.6. The van der Waals surface area contributed by atoms with Crippen LogP contribution in [0.4, 0.5) is 5.69 Å². The molecule has 0 fully saturated rings. The van der Waals surface area contributed by atoms with Gasteiger partial charge in [-0.1, -0.05) is 35.9 Å². The zero-order valence-corrected chi connectivity index (χ0v) is 15.2. The van der Waals surface area contributed by atoms with Crippen LogP contribution in [-0.4, -0.2) is 15.6 Å². The number of nitro groups is 1. The summed E-state index contributed by atoms with van der Waals surface area (Å²) in [5, 5.41) is 18.0. The highest BCUT2D eigenvalue weighted by Gasteiger charge is 2.41. The van der Waals surface area contributed by atoms with E-state index in [1.165, 1.54) is 12.1 Å². The number of hydrogen-bond donors (Lipinski definition) is 0. The average molecular weight is 396 g/mol. The molecule has 0 N–H and O–H groups in total. The van der Waals surface area contributed by atoms with Gasteiger partial charge in [-0.3, -0.25) is 10.1 Å². The minimum atomic E-state index is -0.608. The second-order valence-corrected chi connectivity index (χ2v) is 7.01. The minimum Gasteiger partial charge on any atom is -0.464 e. The predicted molar refractivity (Wildman–Crippen MR) is 102 cm³/mol. The standard InChI is InChI=1S/C20H14ClN3O4/c21-14-8-7-12(10-17(14)24(25)26)20-23-16(13-4-1-2-5-18(13)28-20)11-15(22-23)19-6-3-9-27-19/h1-10,16,20H,11H2/t16-,20+/m1/s1. The molecular formula is C20H14ClN3O4. The van der Waals surface area contributed by atoms with Crippen LogP contribution in [0.1, 0.15) is 35.6 Å². The maximum atomic E-state index is 11.3. The van der Waals surface area contributed by atoms with Crippen LogP contribution in [0.3, 0.4) is 0 Å². The Bertz CT molecular complexity index is 1100. The topological polar surface area (TPSA) is 81.1 Å². The van der Waals surface area contributed by atoms with E-state index in [9.17, 15) is 10.1 Å². The predicted octanol–water partition coefficient (Wildman–Crippen LogP) is 5.08. The Labute approximate surface area is 164 Å². The summed E-state index contributed by atoms with van der Waals surface area (Å²) in [6.07, 6.45) is 1.66. The zero-order valence-electron chi connectivity index (χ0n) is 14.5. The van der Waals surface area contributed by atoms with Gasteiger partial charge in [0.25, 0.3) is 5.69 Å². The fourth-order valence-electron chi connectivity index (χ4n) is 3.67. The molecule has 2 aliphatic rings. The fraction of sp³-hybridized carbons (Fsp3) is 0.150. The molecule has 0 spiro atoms. The quantitative estimate of drug-likeness (QED) is 0.456. The Morgan fingerprint density at radius 1 is 1.18 bits per heavy atom. The van der Waals surface area contributed by atoms with Gasteiger partial charge in [-0.05, 0) is 24.3 Å². The number of hydrazone groups is 1. The molecule has 0 unspecified atom stereocenters. The number of hydrogen-bond acceptors (Lipinski definition) is 6. The molecule has 140 valence electrons. The Hall–Kier alpha value is -3.32.